The van der Waals surface area contributed by atoms with Crippen molar-refractivity contribution in [1.82, 2.24) is 24.9 Å². The average molecular weight is 459 g/mol. The molecule has 1 atom stereocenters. The maximum atomic E-state index is 15.5. The molecule has 3 N–H and O–H groups in total. The molecule has 4 heterocycles. The van der Waals surface area contributed by atoms with Crippen LogP contribution in [0.25, 0.3) is 34.0 Å². The number of H-pyrrole nitrogens is 1. The molecule has 4 aromatic heterocycles. The summed E-state index contributed by atoms with van der Waals surface area (Å²) in [6.07, 6.45) is 4.18. The number of aromatic amines is 1. The number of hydrogen-bond acceptors (Lipinski definition) is 7. The quantitative estimate of drug-likeness (QED) is 0.376. The minimum Gasteiger partial charge on any atom is -0.481 e. The minimum atomic E-state index is -1.01. The lowest BCUT2D eigenvalue weighted by Crippen LogP contribution is -2.36. The number of nitrogens with one attached hydrogen (secondary N) is 2. The number of rotatable bonds is 6. The van der Waals surface area contributed by atoms with Gasteiger partial charge >= 0.3 is 5.97 Å². The Balaban J connectivity index is 1.89. The third-order valence-corrected chi connectivity index (χ3v) is 5.12. The Morgan fingerprint density at radius 3 is 2.78 bits per heavy atom. The van der Waals surface area contributed by atoms with Crippen molar-refractivity contribution < 1.29 is 18.7 Å². The number of hydrogen-bond donors (Lipinski definition) is 3. The molecule has 0 fully saturated rings. The van der Waals surface area contributed by atoms with Gasteiger partial charge in [0.2, 0.25) is 0 Å². The van der Waals surface area contributed by atoms with Crippen molar-refractivity contribution in [3.05, 3.63) is 41.8 Å². The first-order valence-corrected chi connectivity index (χ1v) is 10.1. The van der Waals surface area contributed by atoms with Crippen molar-refractivity contribution >= 4 is 34.6 Å². The fourth-order valence-corrected chi connectivity index (χ4v) is 3.33. The summed E-state index contributed by atoms with van der Waals surface area (Å²) in [6, 6.07) is 2.57. The molecular weight excluding hydrogens is 439 g/mol. The van der Waals surface area contributed by atoms with Gasteiger partial charge in [-0.15, -0.1) is 0 Å². The molecular formula is C21H20ClFN6O3. The molecule has 0 radical (unpaired) electrons. The van der Waals surface area contributed by atoms with Gasteiger partial charge in [0.15, 0.2) is 28.9 Å². The van der Waals surface area contributed by atoms with Gasteiger partial charge in [0.05, 0.1) is 24.4 Å². The van der Waals surface area contributed by atoms with E-state index >= 15 is 4.39 Å². The SMILES string of the molecule is CC(C)(C)[C@@H](CC(=O)O)Nc1nc(-c2c[nH]c3ncc(Cl)nc23)nc(-c2ccco2)c1F. The number of fused-ring (bicyclic) bond motifs is 1. The molecule has 32 heavy (non-hydrogen) atoms. The summed E-state index contributed by atoms with van der Waals surface area (Å²) < 4.78 is 20.8. The Bertz CT molecular complexity index is 1280. The van der Waals surface area contributed by atoms with Gasteiger partial charge in [0, 0.05) is 12.2 Å². The van der Waals surface area contributed by atoms with E-state index in [0.29, 0.717) is 16.7 Å². The Morgan fingerprint density at radius 1 is 1.34 bits per heavy atom. The smallest absolute Gasteiger partial charge is 0.305 e. The van der Waals surface area contributed by atoms with Crippen LogP contribution in [0.2, 0.25) is 5.15 Å². The van der Waals surface area contributed by atoms with Gasteiger partial charge in [0.1, 0.15) is 16.4 Å². The summed E-state index contributed by atoms with van der Waals surface area (Å²) in [5.74, 6) is -1.58. The summed E-state index contributed by atoms with van der Waals surface area (Å²) >= 11 is 6.00. The van der Waals surface area contributed by atoms with E-state index in [4.69, 9.17) is 16.0 Å². The Kier molecular flexibility index (Phi) is 5.55. The highest BCUT2D eigenvalue weighted by atomic mass is 35.5. The molecule has 0 aromatic carbocycles. The predicted molar refractivity (Wildman–Crippen MR) is 117 cm³/mol. The molecule has 0 saturated carbocycles. The first kappa shape index (κ1) is 21.7. The fraction of sp³-hybridized carbons (Fsp3) is 0.286. The van der Waals surface area contributed by atoms with E-state index in [1.54, 1.807) is 18.3 Å². The van der Waals surface area contributed by atoms with Crippen LogP contribution in [-0.2, 0) is 4.79 Å². The Morgan fingerprint density at radius 2 is 2.12 bits per heavy atom. The van der Waals surface area contributed by atoms with Crippen molar-refractivity contribution in [3.8, 4) is 22.8 Å². The molecule has 11 heteroatoms. The second-order valence-electron chi connectivity index (χ2n) is 8.29. The molecule has 166 valence electrons. The molecule has 0 amide bonds. The zero-order chi connectivity index (χ0) is 23.0. The normalized spacial score (nSPS) is 12.8. The molecule has 0 aliphatic rings. The second kappa shape index (κ2) is 8.19. The van der Waals surface area contributed by atoms with Crippen molar-refractivity contribution in [1.29, 1.82) is 0 Å². The standard InChI is InChI=1S/C21H20ClFN6O3/c1-21(2,3)12(7-14(30)31)26-19-15(23)17(11-5-4-6-32-11)28-18(29-19)10-8-24-20-16(10)27-13(22)9-25-20/h4-6,8-9,12H,7H2,1-3H3,(H,24,25)(H,30,31)(H,26,28,29)/t12-/m1/s1. The van der Waals surface area contributed by atoms with Crippen LogP contribution < -0.4 is 5.32 Å². The lowest BCUT2D eigenvalue weighted by Gasteiger charge is -2.31. The lowest BCUT2D eigenvalue weighted by atomic mass is 9.84. The maximum Gasteiger partial charge on any atom is 0.305 e. The zero-order valence-corrected chi connectivity index (χ0v) is 18.2. The number of furan rings is 1. The average Bonchev–Trinajstić information content (AvgIpc) is 3.37. The molecule has 4 rings (SSSR count). The monoisotopic (exact) mass is 458 g/mol. The zero-order valence-electron chi connectivity index (χ0n) is 17.5. The number of carboxylic acid groups (broad SMARTS) is 1. The molecule has 0 saturated heterocycles. The van der Waals surface area contributed by atoms with Crippen molar-refractivity contribution in [3.63, 3.8) is 0 Å². The molecule has 0 bridgehead atoms. The van der Waals surface area contributed by atoms with Gasteiger partial charge in [-0.3, -0.25) is 4.79 Å². The summed E-state index contributed by atoms with van der Waals surface area (Å²) in [4.78, 5) is 31.5. The molecule has 0 aliphatic heterocycles. The van der Waals surface area contributed by atoms with E-state index < -0.39 is 23.2 Å². The van der Waals surface area contributed by atoms with Gasteiger partial charge < -0.3 is 19.8 Å². The van der Waals surface area contributed by atoms with Crippen molar-refractivity contribution in [2.45, 2.75) is 33.2 Å². The highest BCUT2D eigenvalue weighted by molar-refractivity contribution is 6.29. The Hall–Kier alpha value is -3.53. The highest BCUT2D eigenvalue weighted by Crippen LogP contribution is 2.33. The van der Waals surface area contributed by atoms with E-state index in [9.17, 15) is 9.90 Å². The van der Waals surface area contributed by atoms with Crippen LogP contribution in [0.15, 0.2) is 35.2 Å². The van der Waals surface area contributed by atoms with E-state index in [1.807, 2.05) is 20.8 Å². The summed E-state index contributed by atoms with van der Waals surface area (Å²) in [6.45, 7) is 5.58. The number of aliphatic carboxylic acids is 1. The maximum absolute atomic E-state index is 15.5. The van der Waals surface area contributed by atoms with Crippen LogP contribution in [0.4, 0.5) is 10.2 Å². The van der Waals surface area contributed by atoms with Crippen LogP contribution in [0.5, 0.6) is 0 Å². The molecule has 0 unspecified atom stereocenters. The number of nitrogens with zero attached hydrogens (tertiary/aromatic N) is 4. The minimum absolute atomic E-state index is 0.0742. The van der Waals surface area contributed by atoms with Crippen LogP contribution >= 0.6 is 11.6 Å². The second-order valence-corrected chi connectivity index (χ2v) is 8.68. The van der Waals surface area contributed by atoms with Gasteiger partial charge in [-0.2, -0.15) is 0 Å². The summed E-state index contributed by atoms with van der Waals surface area (Å²) in [7, 11) is 0. The van der Waals surface area contributed by atoms with Crippen LogP contribution in [0.1, 0.15) is 27.2 Å². The fourth-order valence-electron chi connectivity index (χ4n) is 3.19. The van der Waals surface area contributed by atoms with Gasteiger partial charge in [-0.1, -0.05) is 32.4 Å². The molecule has 0 spiro atoms. The van der Waals surface area contributed by atoms with Crippen molar-refractivity contribution in [2.75, 3.05) is 5.32 Å². The van der Waals surface area contributed by atoms with E-state index in [0.717, 1.165) is 0 Å². The number of carbonyl (C=O) groups is 1. The first-order valence-electron chi connectivity index (χ1n) is 9.73. The molecule has 0 aliphatic carbocycles. The van der Waals surface area contributed by atoms with Crippen molar-refractivity contribution in [2.24, 2.45) is 5.41 Å². The number of anilines is 1. The van der Waals surface area contributed by atoms with Crippen LogP contribution in [0, 0.1) is 11.2 Å². The van der Waals surface area contributed by atoms with Gasteiger partial charge in [0.25, 0.3) is 0 Å². The summed E-state index contributed by atoms with van der Waals surface area (Å²) in [5.41, 5.74) is 0.759. The van der Waals surface area contributed by atoms with Crippen LogP contribution in [-0.4, -0.2) is 42.0 Å². The Labute approximate surface area is 187 Å². The van der Waals surface area contributed by atoms with E-state index in [-0.39, 0.29) is 34.7 Å². The molecule has 4 aromatic rings. The highest BCUT2D eigenvalue weighted by Gasteiger charge is 2.30. The number of aromatic nitrogens is 5. The largest absolute Gasteiger partial charge is 0.481 e. The van der Waals surface area contributed by atoms with E-state index in [2.05, 4.69) is 30.2 Å². The third kappa shape index (κ3) is 4.26. The first-order chi connectivity index (χ1) is 15.1. The van der Waals surface area contributed by atoms with Gasteiger partial charge in [-0.25, -0.2) is 24.3 Å². The van der Waals surface area contributed by atoms with E-state index in [1.165, 1.54) is 12.5 Å². The van der Waals surface area contributed by atoms with Gasteiger partial charge in [-0.05, 0) is 17.5 Å². The lowest BCUT2D eigenvalue weighted by molar-refractivity contribution is -0.137. The predicted octanol–water partition coefficient (Wildman–Crippen LogP) is 4.77. The number of carboxylic acids is 1. The summed E-state index contributed by atoms with van der Waals surface area (Å²) in [5, 5.41) is 12.5. The topological polar surface area (TPSA) is 130 Å². The molecule has 9 nitrogen and oxygen atoms in total. The van der Waals surface area contributed by atoms with Crippen LogP contribution in [0.3, 0.4) is 0 Å². The number of halogens is 2. The third-order valence-electron chi connectivity index (χ3n) is 4.93.